The number of ether oxygens (including phenoxy) is 2. The van der Waals surface area contributed by atoms with Gasteiger partial charge in [0, 0.05) is 97.8 Å². The average Bonchev–Trinajstić information content (AvgIpc) is 1.63. The third kappa shape index (κ3) is 14.7. The van der Waals surface area contributed by atoms with Crippen LogP contribution in [-0.2, 0) is 85.8 Å². The molecule has 7 N–H and O–H groups in total. The molecule has 0 spiro atoms. The van der Waals surface area contributed by atoms with Crippen molar-refractivity contribution < 1.29 is 107 Å². The summed E-state index contributed by atoms with van der Waals surface area (Å²) >= 11 is 0. The van der Waals surface area contributed by atoms with Crippen LogP contribution in [0.2, 0.25) is 0 Å². The molecule has 2 heterocycles. The molecule has 460 valence electrons. The van der Waals surface area contributed by atoms with Crippen molar-refractivity contribution in [3.05, 3.63) is 125 Å². The number of anilines is 1. The van der Waals surface area contributed by atoms with E-state index in [0.717, 1.165) is 12.1 Å². The van der Waals surface area contributed by atoms with E-state index in [1.165, 1.54) is 62.8 Å². The van der Waals surface area contributed by atoms with E-state index in [2.05, 4.69) is 5.32 Å². The number of allylic oxidation sites excluding steroid dienone is 6. The van der Waals surface area contributed by atoms with Gasteiger partial charge in [-0.25, -0.2) is 8.42 Å². The van der Waals surface area contributed by atoms with Crippen molar-refractivity contribution in [1.29, 1.82) is 0 Å². The zero-order valence-electron chi connectivity index (χ0n) is 45.7. The Morgan fingerprint density at radius 1 is 0.659 bits per heavy atom. The quantitative estimate of drug-likeness (QED) is 0.0214. The van der Waals surface area contributed by atoms with Crippen molar-refractivity contribution >= 4 is 117 Å². The van der Waals surface area contributed by atoms with E-state index >= 15 is 0 Å². The molecule has 32 heteroatoms. The summed E-state index contributed by atoms with van der Waals surface area (Å²) in [6.45, 7) is 2.69. The van der Waals surface area contributed by atoms with Gasteiger partial charge in [-0.3, -0.25) is 32.4 Å². The lowest BCUT2D eigenvalue weighted by atomic mass is 9.74. The van der Waals surface area contributed by atoms with Crippen LogP contribution >= 0.6 is 0 Å². The van der Waals surface area contributed by atoms with Crippen molar-refractivity contribution in [2.24, 2.45) is 0 Å². The summed E-state index contributed by atoms with van der Waals surface area (Å²) in [5.74, 6) is -3.31. The fourth-order valence-electron chi connectivity index (χ4n) is 10.9. The number of nitrogens with zero attached hydrogens (tertiary/aromatic N) is 2. The number of hydrogen-bond donors (Lipinski definition) is 7. The van der Waals surface area contributed by atoms with Crippen molar-refractivity contribution in [3.63, 3.8) is 0 Å². The van der Waals surface area contributed by atoms with Gasteiger partial charge in [0.1, 0.15) is 21.6 Å². The maximum Gasteiger partial charge on any atom is 0.305 e. The molecular formula is C53H59N3O23S6. The highest BCUT2D eigenvalue weighted by molar-refractivity contribution is 7.87. The van der Waals surface area contributed by atoms with E-state index in [-0.39, 0.29) is 120 Å². The molecule has 1 amide bonds. The molecular weight excluding hydrogens is 1240 g/mol. The summed E-state index contributed by atoms with van der Waals surface area (Å²) in [6, 6.07) is 14.4. The van der Waals surface area contributed by atoms with Gasteiger partial charge in [0.15, 0.2) is 5.71 Å². The molecule has 0 fully saturated rings. The highest BCUT2D eigenvalue weighted by Gasteiger charge is 2.50. The minimum absolute atomic E-state index is 0.00954. The summed E-state index contributed by atoms with van der Waals surface area (Å²) in [6.07, 6.45) is 5.49. The van der Waals surface area contributed by atoms with Gasteiger partial charge in [-0.15, -0.1) is 0 Å². The Bertz CT molecular complexity index is 4390. The molecule has 0 saturated heterocycles. The Morgan fingerprint density at radius 3 is 1.73 bits per heavy atom. The number of aliphatic carboxylic acids is 1. The van der Waals surface area contributed by atoms with Gasteiger partial charge in [-0.05, 0) is 121 Å². The first-order valence-electron chi connectivity index (χ1n) is 25.5. The van der Waals surface area contributed by atoms with Crippen LogP contribution in [-0.4, -0.2) is 164 Å². The first-order valence-corrected chi connectivity index (χ1v) is 34.4. The van der Waals surface area contributed by atoms with Crippen LogP contribution < -0.4 is 10.2 Å². The highest BCUT2D eigenvalue weighted by Crippen LogP contribution is 2.54. The number of carbonyl (C=O) groups excluding carboxylic acids is 1. The van der Waals surface area contributed by atoms with E-state index in [1.807, 2.05) is 0 Å². The molecule has 2 atom stereocenters. The lowest BCUT2D eigenvalue weighted by Crippen LogP contribution is -2.33. The lowest BCUT2D eigenvalue weighted by molar-refractivity contribution is -0.437. The predicted octanol–water partition coefficient (Wildman–Crippen LogP) is 5.13. The Labute approximate surface area is 490 Å². The maximum absolute atomic E-state index is 13.2. The van der Waals surface area contributed by atoms with Crippen LogP contribution in [0.4, 0.5) is 11.4 Å². The fourth-order valence-corrected chi connectivity index (χ4v) is 14.6. The molecule has 0 aliphatic carbocycles. The van der Waals surface area contributed by atoms with Crippen LogP contribution in [0.3, 0.4) is 0 Å². The smallest absolute Gasteiger partial charge is 0.305 e. The molecule has 5 aromatic rings. The van der Waals surface area contributed by atoms with Crippen LogP contribution in [0.25, 0.3) is 27.1 Å². The van der Waals surface area contributed by atoms with Gasteiger partial charge < -0.3 is 29.3 Å². The van der Waals surface area contributed by atoms with E-state index in [4.69, 9.17) is 14.6 Å². The van der Waals surface area contributed by atoms with Crippen LogP contribution in [0.5, 0.6) is 0 Å². The number of carboxylic acid groups (broad SMARTS) is 1. The zero-order valence-corrected chi connectivity index (χ0v) is 50.6. The molecule has 2 aliphatic rings. The first-order chi connectivity index (χ1) is 39.3. The van der Waals surface area contributed by atoms with Crippen molar-refractivity contribution in [3.8, 4) is 0 Å². The minimum Gasteiger partial charge on any atom is -0.744 e. The van der Waals surface area contributed by atoms with Crippen molar-refractivity contribution in [2.75, 3.05) is 63.5 Å². The molecule has 0 radical (unpaired) electrons. The lowest BCUT2D eigenvalue weighted by Gasteiger charge is -2.30. The van der Waals surface area contributed by atoms with Gasteiger partial charge >= 0.3 is 5.97 Å². The molecule has 2 unspecified atom stereocenters. The maximum atomic E-state index is 13.2. The van der Waals surface area contributed by atoms with Crippen LogP contribution in [0.15, 0.2) is 122 Å². The number of fused-ring (bicyclic) bond motifs is 6. The summed E-state index contributed by atoms with van der Waals surface area (Å²) in [7, 11) is -27.4. The van der Waals surface area contributed by atoms with Gasteiger partial charge in [0.2, 0.25) is 5.69 Å². The number of methoxy groups -OCH3 is 2. The molecule has 5 aromatic carbocycles. The number of hydrogen-bond acceptors (Lipinski definition) is 18. The van der Waals surface area contributed by atoms with E-state index in [0.29, 0.717) is 29.1 Å². The molecule has 26 nitrogen and oxygen atoms in total. The monoisotopic (exact) mass is 1300 g/mol. The predicted molar refractivity (Wildman–Crippen MR) is 308 cm³/mol. The normalized spacial score (nSPS) is 18.5. The third-order valence-corrected chi connectivity index (χ3v) is 19.8. The first kappa shape index (κ1) is 66.2. The number of rotatable bonds is 26. The minimum atomic E-state index is -5.46. The van der Waals surface area contributed by atoms with E-state index in [9.17, 15) is 87.4 Å². The number of carbonyl (C=O) groups is 2. The standard InChI is InChI=1S/C53H59N3O23S6/c1-52(20-25-78-3)46(55(23-5-27-80(60,61)62)42-15-13-38-40(49(42)52)29-36(82(66,67)68)31-44(38)84(72,73)74)17-11-34(33-7-9-35(10-8-33)51(59)54-22-19-48(57)58)12-18-47-53(2,21-26-79-4)50-41-30-37(83(69,70)71)32-45(85(75,76)77)39(41)14-16-43(50)56(47)24-6-28-81(63,64)65/h7-18,29-32H,5-6,19-28H2,1-4H3,(H7-,54,57,58,59,60,61,62,63,64,65,66,67,68,69,70,71,72,73,74,75,76,77). The molecule has 85 heavy (non-hydrogen) atoms. The fraction of sp³-hybridized carbons (Fsp3) is 0.340. The van der Waals surface area contributed by atoms with Crippen molar-refractivity contribution in [1.82, 2.24) is 5.32 Å². The van der Waals surface area contributed by atoms with Gasteiger partial charge in [-0.1, -0.05) is 24.3 Å². The SMILES string of the molecule is COCCC1(C)C(/C=C/C(=C/C=C2/N(CCCS(=O)(=O)O)c3ccc4c(S(=O)(=O)O)cc(S(=O)(=O)O)cc4c3C2(C)CCOC)c2ccc(C(=O)NCCC(=O)O)cc2)=[N+](CCCS(=O)(=O)O)c2ccc3c(S(=O)(=O)[O-])cc(S(=O)(=O)O)cc3c21. The zero-order chi connectivity index (χ0) is 63.0. The Hall–Kier alpha value is -6.37. The molecule has 0 aromatic heterocycles. The Morgan fingerprint density at radius 2 is 1.19 bits per heavy atom. The summed E-state index contributed by atoms with van der Waals surface area (Å²) < 4.78 is 227. The second kappa shape index (κ2) is 24.8. The largest absolute Gasteiger partial charge is 0.744 e. The third-order valence-electron chi connectivity index (χ3n) is 14.8. The molecule has 0 bridgehead atoms. The number of benzene rings is 5. The summed E-state index contributed by atoms with van der Waals surface area (Å²) in [5.41, 5.74) is -0.544. The number of carboxylic acids is 1. The highest BCUT2D eigenvalue weighted by atomic mass is 32.2. The van der Waals surface area contributed by atoms with Gasteiger partial charge in [0.05, 0.1) is 38.0 Å². The van der Waals surface area contributed by atoms with E-state index < -0.39 is 115 Å². The second-order valence-corrected chi connectivity index (χ2v) is 29.2. The summed E-state index contributed by atoms with van der Waals surface area (Å²) in [5, 5.41) is 11.1. The topological polar surface area (TPSA) is 420 Å². The Kier molecular flexibility index (Phi) is 19.3. The number of amides is 1. The molecule has 0 saturated carbocycles. The van der Waals surface area contributed by atoms with Crippen LogP contribution in [0.1, 0.15) is 73.0 Å². The molecule has 7 rings (SSSR count). The second-order valence-electron chi connectivity index (χ2n) is 20.4. The Balaban J connectivity index is 1.57. The summed E-state index contributed by atoms with van der Waals surface area (Å²) in [4.78, 5) is 22.4. The average molecular weight is 1300 g/mol. The number of nitrogens with one attached hydrogen (secondary N) is 1. The van der Waals surface area contributed by atoms with Gasteiger partial charge in [-0.2, -0.15) is 46.7 Å². The van der Waals surface area contributed by atoms with Gasteiger partial charge in [0.25, 0.3) is 56.5 Å². The molecule has 2 aliphatic heterocycles. The van der Waals surface area contributed by atoms with E-state index in [1.54, 1.807) is 47.6 Å². The van der Waals surface area contributed by atoms with Crippen LogP contribution in [0, 0.1) is 0 Å². The van der Waals surface area contributed by atoms with Crippen molar-refractivity contribution in [2.45, 2.75) is 76.4 Å².